The fourth-order valence-electron chi connectivity index (χ4n) is 2.54. The van der Waals surface area contributed by atoms with Crippen LogP contribution in [0.5, 0.6) is 0 Å². The van der Waals surface area contributed by atoms with Crippen molar-refractivity contribution in [2.45, 2.75) is 50.7 Å². The van der Waals surface area contributed by atoms with Gasteiger partial charge in [-0.2, -0.15) is 0 Å². The minimum atomic E-state index is 0.0244. The SMILES string of the molecule is CCOC(=O)[C@H]1[C@@H](C2CC2)N1C1CC1. The van der Waals surface area contributed by atoms with Gasteiger partial charge in [0, 0.05) is 12.1 Å². The van der Waals surface area contributed by atoms with Gasteiger partial charge in [0.15, 0.2) is 0 Å². The van der Waals surface area contributed by atoms with E-state index in [-0.39, 0.29) is 12.0 Å². The molecule has 14 heavy (non-hydrogen) atoms. The highest BCUT2D eigenvalue weighted by atomic mass is 16.5. The maximum atomic E-state index is 11.6. The van der Waals surface area contributed by atoms with E-state index in [0.29, 0.717) is 12.6 Å². The van der Waals surface area contributed by atoms with Crippen LogP contribution in [-0.4, -0.2) is 35.6 Å². The van der Waals surface area contributed by atoms with E-state index in [9.17, 15) is 4.79 Å². The van der Waals surface area contributed by atoms with E-state index in [0.717, 1.165) is 12.0 Å². The van der Waals surface area contributed by atoms with E-state index < -0.39 is 0 Å². The lowest BCUT2D eigenvalue weighted by Crippen LogP contribution is -2.17. The third-order valence-corrected chi connectivity index (χ3v) is 3.50. The van der Waals surface area contributed by atoms with Gasteiger partial charge in [-0.25, -0.2) is 0 Å². The average Bonchev–Trinajstić information content (AvgIpc) is 2.91. The number of esters is 1. The average molecular weight is 195 g/mol. The minimum absolute atomic E-state index is 0.0244. The lowest BCUT2D eigenvalue weighted by Gasteiger charge is -2.00. The molecule has 1 saturated heterocycles. The summed E-state index contributed by atoms with van der Waals surface area (Å²) in [5.74, 6) is 0.835. The molecule has 2 saturated carbocycles. The van der Waals surface area contributed by atoms with E-state index in [1.165, 1.54) is 25.7 Å². The van der Waals surface area contributed by atoms with Gasteiger partial charge in [-0.3, -0.25) is 9.69 Å². The van der Waals surface area contributed by atoms with E-state index in [2.05, 4.69) is 4.90 Å². The Morgan fingerprint density at radius 2 is 2.07 bits per heavy atom. The minimum Gasteiger partial charge on any atom is -0.465 e. The quantitative estimate of drug-likeness (QED) is 0.498. The lowest BCUT2D eigenvalue weighted by molar-refractivity contribution is -0.143. The van der Waals surface area contributed by atoms with Gasteiger partial charge in [-0.1, -0.05) is 0 Å². The highest BCUT2D eigenvalue weighted by molar-refractivity contribution is 5.80. The van der Waals surface area contributed by atoms with Crippen LogP contribution in [0.2, 0.25) is 0 Å². The van der Waals surface area contributed by atoms with Gasteiger partial charge in [-0.15, -0.1) is 0 Å². The molecule has 3 rings (SSSR count). The van der Waals surface area contributed by atoms with Gasteiger partial charge in [0.05, 0.1) is 6.61 Å². The van der Waals surface area contributed by atoms with Crippen molar-refractivity contribution in [1.29, 1.82) is 0 Å². The molecule has 3 fully saturated rings. The second kappa shape index (κ2) is 2.96. The zero-order valence-corrected chi connectivity index (χ0v) is 8.61. The Hall–Kier alpha value is -0.570. The van der Waals surface area contributed by atoms with Crippen molar-refractivity contribution < 1.29 is 9.53 Å². The Kier molecular flexibility index (Phi) is 1.84. The van der Waals surface area contributed by atoms with Crippen LogP contribution >= 0.6 is 0 Å². The molecule has 0 radical (unpaired) electrons. The van der Waals surface area contributed by atoms with Gasteiger partial charge in [0.2, 0.25) is 0 Å². The van der Waals surface area contributed by atoms with Gasteiger partial charge in [0.25, 0.3) is 0 Å². The molecule has 1 aliphatic heterocycles. The van der Waals surface area contributed by atoms with Gasteiger partial charge >= 0.3 is 5.97 Å². The van der Waals surface area contributed by atoms with Crippen molar-refractivity contribution >= 4 is 5.97 Å². The van der Waals surface area contributed by atoms with Crippen molar-refractivity contribution in [3.8, 4) is 0 Å². The van der Waals surface area contributed by atoms with Crippen LogP contribution in [0.3, 0.4) is 0 Å². The first kappa shape index (κ1) is 8.72. The first-order valence-electron chi connectivity index (χ1n) is 5.77. The molecule has 2 aliphatic carbocycles. The monoisotopic (exact) mass is 195 g/mol. The van der Waals surface area contributed by atoms with E-state index in [4.69, 9.17) is 4.74 Å². The van der Waals surface area contributed by atoms with Crippen LogP contribution in [0.15, 0.2) is 0 Å². The molecule has 0 aromatic rings. The molecule has 3 heteroatoms. The Morgan fingerprint density at radius 3 is 2.57 bits per heavy atom. The maximum Gasteiger partial charge on any atom is 0.325 e. The Morgan fingerprint density at radius 1 is 1.36 bits per heavy atom. The molecule has 0 N–H and O–H groups in total. The summed E-state index contributed by atoms with van der Waals surface area (Å²) in [6, 6.07) is 1.41. The largest absolute Gasteiger partial charge is 0.465 e. The third-order valence-electron chi connectivity index (χ3n) is 3.50. The Balaban J connectivity index is 1.63. The highest BCUT2D eigenvalue weighted by Crippen LogP contribution is 2.52. The molecule has 3 atom stereocenters. The summed E-state index contributed by atoms with van der Waals surface area (Å²) >= 11 is 0. The maximum absolute atomic E-state index is 11.6. The van der Waals surface area contributed by atoms with Crippen LogP contribution in [-0.2, 0) is 9.53 Å². The fraction of sp³-hybridized carbons (Fsp3) is 0.909. The summed E-state index contributed by atoms with van der Waals surface area (Å²) in [6.07, 6.45) is 5.23. The van der Waals surface area contributed by atoms with Crippen molar-refractivity contribution in [2.75, 3.05) is 6.61 Å². The molecule has 78 valence electrons. The molecular weight excluding hydrogens is 178 g/mol. The zero-order chi connectivity index (χ0) is 9.71. The summed E-state index contributed by atoms with van der Waals surface area (Å²) in [5, 5.41) is 0. The van der Waals surface area contributed by atoms with Gasteiger partial charge in [-0.05, 0) is 38.5 Å². The first-order valence-corrected chi connectivity index (χ1v) is 5.77. The van der Waals surface area contributed by atoms with Crippen LogP contribution in [0.25, 0.3) is 0 Å². The van der Waals surface area contributed by atoms with Crippen molar-refractivity contribution in [3.05, 3.63) is 0 Å². The molecule has 1 unspecified atom stereocenters. The second-order valence-electron chi connectivity index (χ2n) is 4.70. The van der Waals surface area contributed by atoms with Gasteiger partial charge < -0.3 is 4.74 Å². The summed E-state index contributed by atoms with van der Waals surface area (Å²) in [4.78, 5) is 14.0. The van der Waals surface area contributed by atoms with E-state index in [1.54, 1.807) is 0 Å². The molecular formula is C11H17NO2. The number of hydrogen-bond acceptors (Lipinski definition) is 3. The normalized spacial score (nSPS) is 40.8. The standard InChI is InChI=1S/C11H17NO2/c1-2-14-11(13)10-9(7-3-4-7)12(10)8-5-6-8/h7-10H,2-6H2,1H3/t9-,10-,12?/m1/s1. The fourth-order valence-corrected chi connectivity index (χ4v) is 2.54. The van der Waals surface area contributed by atoms with Crippen molar-refractivity contribution in [2.24, 2.45) is 5.92 Å². The second-order valence-corrected chi connectivity index (χ2v) is 4.70. The molecule has 1 heterocycles. The lowest BCUT2D eigenvalue weighted by atomic mass is 10.2. The predicted molar refractivity (Wildman–Crippen MR) is 51.8 cm³/mol. The Bertz CT molecular complexity index is 240. The van der Waals surface area contributed by atoms with E-state index in [1.807, 2.05) is 6.92 Å². The van der Waals surface area contributed by atoms with Gasteiger partial charge in [0.1, 0.15) is 6.04 Å². The summed E-state index contributed by atoms with van der Waals surface area (Å²) in [5.41, 5.74) is 0. The van der Waals surface area contributed by atoms with Crippen LogP contribution in [0, 0.1) is 5.92 Å². The summed E-state index contributed by atoms with van der Waals surface area (Å²) in [7, 11) is 0. The predicted octanol–water partition coefficient (Wildman–Crippen LogP) is 1.17. The highest BCUT2D eigenvalue weighted by Gasteiger charge is 2.63. The number of ether oxygens (including phenoxy) is 1. The molecule has 0 amide bonds. The number of nitrogens with zero attached hydrogens (tertiary/aromatic N) is 1. The van der Waals surface area contributed by atoms with Crippen LogP contribution in [0.1, 0.15) is 32.6 Å². The van der Waals surface area contributed by atoms with Crippen LogP contribution < -0.4 is 0 Å². The number of rotatable bonds is 4. The third kappa shape index (κ3) is 1.34. The molecule has 3 nitrogen and oxygen atoms in total. The summed E-state index contributed by atoms with van der Waals surface area (Å²) < 4.78 is 5.10. The topological polar surface area (TPSA) is 29.3 Å². The number of carbonyl (C=O) groups is 1. The molecule has 0 bridgehead atoms. The molecule has 0 aromatic carbocycles. The molecule has 0 spiro atoms. The smallest absolute Gasteiger partial charge is 0.325 e. The Labute approximate surface area is 84.4 Å². The van der Waals surface area contributed by atoms with Crippen LogP contribution in [0.4, 0.5) is 0 Å². The number of carbonyl (C=O) groups excluding carboxylic acids is 1. The first-order chi connectivity index (χ1) is 6.83. The zero-order valence-electron chi connectivity index (χ0n) is 8.61. The van der Waals surface area contributed by atoms with E-state index >= 15 is 0 Å². The van der Waals surface area contributed by atoms with Crippen molar-refractivity contribution in [3.63, 3.8) is 0 Å². The summed E-state index contributed by atoms with van der Waals surface area (Å²) in [6.45, 7) is 2.40. The van der Waals surface area contributed by atoms with Crippen molar-refractivity contribution in [1.82, 2.24) is 4.90 Å². The molecule has 0 aromatic heterocycles. The molecule has 3 aliphatic rings. The number of hydrogen-bond donors (Lipinski definition) is 0.